The predicted octanol–water partition coefficient (Wildman–Crippen LogP) is 5.25. The molecule has 0 saturated carbocycles. The fraction of sp³-hybridized carbons (Fsp3) is 0.0952. The molecule has 0 amide bonds. The third-order valence-electron chi connectivity index (χ3n) is 4.49. The van der Waals surface area contributed by atoms with Crippen LogP contribution in [0.2, 0.25) is 5.02 Å². The summed E-state index contributed by atoms with van der Waals surface area (Å²) in [4.78, 5) is 24.0. The number of nitrogens with zero attached hydrogens (tertiary/aromatic N) is 4. The largest absolute Gasteiger partial charge is 0.360 e. The maximum Gasteiger partial charge on any atom is 0.353 e. The number of anilines is 3. The third-order valence-corrected chi connectivity index (χ3v) is 4.74. The average Bonchev–Trinajstić information content (AvgIpc) is 2.73. The lowest BCUT2D eigenvalue weighted by atomic mass is 10.1. The molecule has 0 aliphatic heterocycles. The number of nitro groups is 1. The van der Waals surface area contributed by atoms with Crippen molar-refractivity contribution in [3.05, 3.63) is 87.3 Å². The number of pyridine rings is 1. The minimum Gasteiger partial charge on any atom is -0.360 e. The summed E-state index contributed by atoms with van der Waals surface area (Å²) in [6, 6.07) is 16.7. The Labute approximate surface area is 177 Å². The number of rotatable bonds is 6. The van der Waals surface area contributed by atoms with Crippen molar-refractivity contribution in [3.63, 3.8) is 0 Å². The lowest BCUT2D eigenvalue weighted by molar-refractivity contribution is -0.383. The summed E-state index contributed by atoms with van der Waals surface area (Å²) in [7, 11) is 0. The van der Waals surface area contributed by atoms with Gasteiger partial charge in [-0.1, -0.05) is 41.9 Å². The van der Waals surface area contributed by atoms with E-state index in [9.17, 15) is 10.1 Å². The first-order valence-electron chi connectivity index (χ1n) is 9.12. The van der Waals surface area contributed by atoms with Gasteiger partial charge in [0.15, 0.2) is 0 Å². The van der Waals surface area contributed by atoms with E-state index in [2.05, 4.69) is 25.6 Å². The molecule has 0 atom stereocenters. The van der Waals surface area contributed by atoms with Gasteiger partial charge in [0.05, 0.1) is 16.1 Å². The summed E-state index contributed by atoms with van der Waals surface area (Å²) < 4.78 is 0. The monoisotopic (exact) mass is 420 g/mol. The van der Waals surface area contributed by atoms with Crippen LogP contribution in [0, 0.1) is 17.0 Å². The second kappa shape index (κ2) is 8.30. The van der Waals surface area contributed by atoms with Crippen molar-refractivity contribution in [1.29, 1.82) is 0 Å². The Kier molecular flexibility index (Phi) is 5.40. The van der Waals surface area contributed by atoms with Crippen LogP contribution in [0.5, 0.6) is 0 Å². The van der Waals surface area contributed by atoms with Crippen LogP contribution in [0.4, 0.5) is 23.0 Å². The molecule has 0 radical (unpaired) electrons. The van der Waals surface area contributed by atoms with Crippen LogP contribution in [0.25, 0.3) is 10.9 Å². The first kappa shape index (κ1) is 19.5. The maximum atomic E-state index is 11.8. The van der Waals surface area contributed by atoms with Gasteiger partial charge in [-0.2, -0.15) is 0 Å². The number of para-hydroxylation sites is 1. The molecule has 2 N–H and O–H groups in total. The van der Waals surface area contributed by atoms with Crippen molar-refractivity contribution < 1.29 is 4.92 Å². The highest BCUT2D eigenvalue weighted by molar-refractivity contribution is 6.30. The van der Waals surface area contributed by atoms with E-state index in [1.54, 1.807) is 18.2 Å². The zero-order chi connectivity index (χ0) is 21.1. The molecule has 2 heterocycles. The minimum absolute atomic E-state index is 0.0874. The number of halogens is 1. The molecule has 4 aromatic rings. The SMILES string of the molecule is Cc1ccc2cccc(Nc3ncnc(NCc4ccc(Cl)cc4)c3[N+](=O)[O-])c2n1. The van der Waals surface area contributed by atoms with Gasteiger partial charge in [0.2, 0.25) is 11.6 Å². The summed E-state index contributed by atoms with van der Waals surface area (Å²) in [5.41, 5.74) is 2.86. The molecule has 0 saturated heterocycles. The van der Waals surface area contributed by atoms with E-state index in [0.29, 0.717) is 22.8 Å². The highest BCUT2D eigenvalue weighted by atomic mass is 35.5. The van der Waals surface area contributed by atoms with Crippen LogP contribution in [0.15, 0.2) is 60.9 Å². The van der Waals surface area contributed by atoms with E-state index < -0.39 is 4.92 Å². The van der Waals surface area contributed by atoms with Crippen molar-refractivity contribution in [3.8, 4) is 0 Å². The molecule has 0 bridgehead atoms. The first-order valence-corrected chi connectivity index (χ1v) is 9.50. The van der Waals surface area contributed by atoms with Gasteiger partial charge in [-0.15, -0.1) is 0 Å². The molecule has 0 unspecified atom stereocenters. The summed E-state index contributed by atoms with van der Waals surface area (Å²) >= 11 is 5.90. The lowest BCUT2D eigenvalue weighted by Crippen LogP contribution is -2.08. The molecule has 0 spiro atoms. The normalized spacial score (nSPS) is 10.7. The number of nitrogens with one attached hydrogen (secondary N) is 2. The summed E-state index contributed by atoms with van der Waals surface area (Å²) in [6.07, 6.45) is 1.28. The van der Waals surface area contributed by atoms with Gasteiger partial charge in [0.25, 0.3) is 0 Å². The van der Waals surface area contributed by atoms with E-state index in [1.807, 2.05) is 43.3 Å². The molecule has 30 heavy (non-hydrogen) atoms. The average molecular weight is 421 g/mol. The topological polar surface area (TPSA) is 106 Å². The number of benzene rings is 2. The molecule has 8 nitrogen and oxygen atoms in total. The van der Waals surface area contributed by atoms with Crippen molar-refractivity contribution in [2.24, 2.45) is 0 Å². The van der Waals surface area contributed by atoms with Crippen LogP contribution in [-0.2, 0) is 6.54 Å². The number of hydrogen-bond donors (Lipinski definition) is 2. The van der Waals surface area contributed by atoms with Crippen LogP contribution >= 0.6 is 11.6 Å². The van der Waals surface area contributed by atoms with Gasteiger partial charge >= 0.3 is 5.69 Å². The predicted molar refractivity (Wildman–Crippen MR) is 117 cm³/mol. The zero-order valence-electron chi connectivity index (χ0n) is 16.0. The number of hydrogen-bond acceptors (Lipinski definition) is 7. The van der Waals surface area contributed by atoms with E-state index in [1.165, 1.54) is 6.33 Å². The van der Waals surface area contributed by atoms with E-state index in [4.69, 9.17) is 11.6 Å². The Balaban J connectivity index is 1.67. The Bertz CT molecular complexity index is 1230. The highest BCUT2D eigenvalue weighted by Crippen LogP contribution is 2.33. The second-order valence-corrected chi connectivity index (χ2v) is 7.05. The van der Waals surface area contributed by atoms with E-state index >= 15 is 0 Å². The molecular formula is C21H17ClN6O2. The quantitative estimate of drug-likeness (QED) is 0.324. The van der Waals surface area contributed by atoms with Crippen LogP contribution in [0.3, 0.4) is 0 Å². The number of aromatic nitrogens is 3. The Hall–Kier alpha value is -3.78. The standard InChI is InChI=1S/C21H17ClN6O2/c1-13-5-8-15-3-2-4-17(18(15)26-13)27-21-19(28(29)30)20(24-12-25-21)23-11-14-6-9-16(22)10-7-14/h2-10,12H,11H2,1H3,(H2,23,24,25,27). The van der Waals surface area contributed by atoms with Gasteiger partial charge in [-0.05, 0) is 36.8 Å². The fourth-order valence-electron chi connectivity index (χ4n) is 3.03. The Morgan fingerprint density at radius 1 is 1.03 bits per heavy atom. The molecule has 2 aromatic carbocycles. The zero-order valence-corrected chi connectivity index (χ0v) is 16.7. The van der Waals surface area contributed by atoms with Crippen molar-refractivity contribution in [2.45, 2.75) is 13.5 Å². The van der Waals surface area contributed by atoms with Crippen molar-refractivity contribution >= 4 is 45.5 Å². The van der Waals surface area contributed by atoms with Crippen molar-refractivity contribution in [2.75, 3.05) is 10.6 Å². The van der Waals surface area contributed by atoms with E-state index in [0.717, 1.165) is 16.6 Å². The van der Waals surface area contributed by atoms with Gasteiger partial charge in [0, 0.05) is 22.6 Å². The summed E-state index contributed by atoms with van der Waals surface area (Å²) in [6.45, 7) is 2.24. The van der Waals surface area contributed by atoms with Crippen molar-refractivity contribution in [1.82, 2.24) is 15.0 Å². The van der Waals surface area contributed by atoms with Gasteiger partial charge < -0.3 is 10.6 Å². The maximum absolute atomic E-state index is 11.8. The summed E-state index contributed by atoms with van der Waals surface area (Å²) in [5, 5.41) is 19.4. The smallest absolute Gasteiger partial charge is 0.353 e. The molecule has 2 aromatic heterocycles. The lowest BCUT2D eigenvalue weighted by Gasteiger charge is -2.12. The molecule has 0 fully saturated rings. The number of aryl methyl sites for hydroxylation is 1. The molecule has 0 aliphatic rings. The van der Waals surface area contributed by atoms with E-state index in [-0.39, 0.29) is 17.3 Å². The molecular weight excluding hydrogens is 404 g/mol. The Morgan fingerprint density at radius 3 is 2.57 bits per heavy atom. The first-order chi connectivity index (χ1) is 14.5. The molecule has 4 rings (SSSR count). The second-order valence-electron chi connectivity index (χ2n) is 6.61. The molecule has 9 heteroatoms. The Morgan fingerprint density at radius 2 is 1.80 bits per heavy atom. The van der Waals surface area contributed by atoms with Crippen LogP contribution in [0.1, 0.15) is 11.3 Å². The highest BCUT2D eigenvalue weighted by Gasteiger charge is 2.23. The van der Waals surface area contributed by atoms with Gasteiger partial charge in [-0.25, -0.2) is 9.97 Å². The van der Waals surface area contributed by atoms with Gasteiger partial charge in [0.1, 0.15) is 6.33 Å². The van der Waals surface area contributed by atoms with Crippen LogP contribution in [-0.4, -0.2) is 19.9 Å². The fourth-order valence-corrected chi connectivity index (χ4v) is 3.16. The van der Waals surface area contributed by atoms with Crippen LogP contribution < -0.4 is 10.6 Å². The molecule has 150 valence electrons. The number of fused-ring (bicyclic) bond motifs is 1. The summed E-state index contributed by atoms with van der Waals surface area (Å²) in [5.74, 6) is 0.209. The third kappa shape index (κ3) is 4.13. The van der Waals surface area contributed by atoms with Gasteiger partial charge in [-0.3, -0.25) is 15.1 Å². The molecule has 0 aliphatic carbocycles. The minimum atomic E-state index is -0.504.